The molecule has 0 unspecified atom stereocenters. The molecule has 1 aliphatic heterocycles. The molecule has 0 atom stereocenters. The number of fused-ring (bicyclic) bond motifs is 3. The van der Waals surface area contributed by atoms with Crippen LogP contribution in [0.3, 0.4) is 0 Å². The van der Waals surface area contributed by atoms with Crippen LogP contribution in [0.15, 0.2) is 67.2 Å². The molecule has 200 valence electrons. The summed E-state index contributed by atoms with van der Waals surface area (Å²) in [5.74, 6) is -1.59. The minimum atomic E-state index is -0.537. The highest BCUT2D eigenvalue weighted by atomic mass is 19.1. The number of carbonyl (C=O) groups is 1. The van der Waals surface area contributed by atoms with Crippen LogP contribution < -0.4 is 10.1 Å². The summed E-state index contributed by atoms with van der Waals surface area (Å²) in [4.78, 5) is 15.3. The Morgan fingerprint density at radius 2 is 1.92 bits per heavy atom. The summed E-state index contributed by atoms with van der Waals surface area (Å²) in [6, 6.07) is 14.1. The molecule has 10 heteroatoms. The summed E-state index contributed by atoms with van der Waals surface area (Å²) in [5.41, 5.74) is 2.74. The molecule has 0 spiro atoms. The van der Waals surface area contributed by atoms with E-state index in [9.17, 15) is 23.1 Å². The number of aliphatic hydroxyl groups is 1. The third kappa shape index (κ3) is 5.31. The molecule has 7 nitrogen and oxygen atoms in total. The van der Waals surface area contributed by atoms with E-state index in [1.54, 1.807) is 19.2 Å². The predicted octanol–water partition coefficient (Wildman–Crippen LogP) is 5.68. The van der Waals surface area contributed by atoms with Crippen LogP contribution in [0.1, 0.15) is 27.2 Å². The van der Waals surface area contributed by atoms with Gasteiger partial charge in [0.2, 0.25) is 0 Å². The maximum atomic E-state index is 14.4. The zero-order chi connectivity index (χ0) is 27.7. The van der Waals surface area contributed by atoms with Crippen LogP contribution in [0.4, 0.5) is 18.9 Å². The molecule has 39 heavy (non-hydrogen) atoms. The van der Waals surface area contributed by atoms with Crippen molar-refractivity contribution in [2.45, 2.75) is 13.2 Å². The number of anilines is 1. The number of benzene rings is 3. The van der Waals surface area contributed by atoms with Crippen molar-refractivity contribution in [1.82, 2.24) is 14.7 Å². The van der Waals surface area contributed by atoms with Gasteiger partial charge in [-0.05, 0) is 54.1 Å². The van der Waals surface area contributed by atoms with Crippen LogP contribution in [0.5, 0.6) is 5.75 Å². The lowest BCUT2D eigenvalue weighted by Crippen LogP contribution is -2.35. The number of halogens is 3. The van der Waals surface area contributed by atoms with E-state index >= 15 is 0 Å². The van der Waals surface area contributed by atoms with Crippen LogP contribution in [0.25, 0.3) is 17.0 Å². The first-order valence-corrected chi connectivity index (χ1v) is 12.1. The Bertz CT molecular complexity index is 1580. The summed E-state index contributed by atoms with van der Waals surface area (Å²) >= 11 is 0. The van der Waals surface area contributed by atoms with Crippen LogP contribution >= 0.6 is 0 Å². The SMILES string of the molecule is C=C(O)c1ccc(F)c(NCCN(Cc2cccc(F)c2)C(=O)c2nn(C)c3c2COc2ccc(F)cc2-3)c1. The summed E-state index contributed by atoms with van der Waals surface area (Å²) < 4.78 is 49.6. The van der Waals surface area contributed by atoms with Gasteiger partial charge in [-0.1, -0.05) is 18.7 Å². The standard InChI is InChI=1S/C29H25F3N4O3/c1-17(37)19-6-8-24(32)25(13-19)33-10-11-36(15-18-4-3-5-20(30)12-18)29(38)27-23-16-39-26-9-7-21(31)14-22(26)28(23)35(2)34-27/h3-9,12-14,33,37H,1,10-11,15-16H2,2H3. The first-order valence-electron chi connectivity index (χ1n) is 12.1. The Morgan fingerprint density at radius 1 is 1.13 bits per heavy atom. The van der Waals surface area contributed by atoms with E-state index in [4.69, 9.17) is 4.74 Å². The fourth-order valence-corrected chi connectivity index (χ4v) is 4.60. The van der Waals surface area contributed by atoms with E-state index in [0.29, 0.717) is 33.7 Å². The zero-order valence-electron chi connectivity index (χ0n) is 21.0. The second-order valence-electron chi connectivity index (χ2n) is 9.15. The van der Waals surface area contributed by atoms with Gasteiger partial charge in [-0.3, -0.25) is 9.48 Å². The van der Waals surface area contributed by atoms with E-state index in [2.05, 4.69) is 17.0 Å². The molecular formula is C29H25F3N4O3. The molecule has 0 aliphatic carbocycles. The lowest BCUT2D eigenvalue weighted by molar-refractivity contribution is 0.0740. The van der Waals surface area contributed by atoms with Gasteiger partial charge in [-0.15, -0.1) is 0 Å². The molecule has 3 aromatic carbocycles. The number of aryl methyl sites for hydroxylation is 1. The van der Waals surface area contributed by atoms with E-state index in [1.807, 2.05) is 0 Å². The lowest BCUT2D eigenvalue weighted by atomic mass is 10.0. The van der Waals surface area contributed by atoms with Crippen molar-refractivity contribution in [2.75, 3.05) is 18.4 Å². The topological polar surface area (TPSA) is 79.6 Å². The summed E-state index contributed by atoms with van der Waals surface area (Å²) in [7, 11) is 1.67. The number of amides is 1. The van der Waals surface area contributed by atoms with Gasteiger partial charge in [0.15, 0.2) is 5.69 Å². The second kappa shape index (κ2) is 10.6. The van der Waals surface area contributed by atoms with Crippen molar-refractivity contribution in [3.8, 4) is 17.0 Å². The Labute approximate surface area is 222 Å². The number of rotatable bonds is 8. The molecule has 2 heterocycles. The minimum absolute atomic E-state index is 0.0612. The number of hydrogen-bond donors (Lipinski definition) is 2. The molecule has 1 aromatic heterocycles. The Morgan fingerprint density at radius 3 is 2.69 bits per heavy atom. The first kappa shape index (κ1) is 25.9. The fraction of sp³-hybridized carbons (Fsp3) is 0.172. The van der Waals surface area contributed by atoms with Gasteiger partial charge in [-0.2, -0.15) is 5.10 Å². The normalized spacial score (nSPS) is 11.8. The first-order chi connectivity index (χ1) is 18.7. The van der Waals surface area contributed by atoms with E-state index in [-0.39, 0.29) is 43.4 Å². The van der Waals surface area contributed by atoms with Gasteiger partial charge >= 0.3 is 0 Å². The Hall–Kier alpha value is -4.73. The number of hydrogen-bond acceptors (Lipinski definition) is 5. The largest absolute Gasteiger partial charge is 0.508 e. The summed E-state index contributed by atoms with van der Waals surface area (Å²) in [5, 5.41) is 17.0. The van der Waals surface area contributed by atoms with Crippen molar-refractivity contribution < 1.29 is 27.8 Å². The van der Waals surface area contributed by atoms with Gasteiger partial charge in [0.05, 0.1) is 11.4 Å². The molecule has 0 saturated heterocycles. The van der Waals surface area contributed by atoms with Gasteiger partial charge in [0, 0.05) is 43.4 Å². The smallest absolute Gasteiger partial charge is 0.275 e. The van der Waals surface area contributed by atoms with Gasteiger partial charge in [0.1, 0.15) is 35.6 Å². The molecule has 4 aromatic rings. The molecule has 1 amide bonds. The van der Waals surface area contributed by atoms with E-state index in [0.717, 1.165) is 0 Å². The van der Waals surface area contributed by atoms with E-state index < -0.39 is 23.4 Å². The zero-order valence-corrected chi connectivity index (χ0v) is 21.0. The fourth-order valence-electron chi connectivity index (χ4n) is 4.60. The van der Waals surface area contributed by atoms with Crippen LogP contribution in [0.2, 0.25) is 0 Å². The molecule has 2 N–H and O–H groups in total. The maximum Gasteiger partial charge on any atom is 0.275 e. The van der Waals surface area contributed by atoms with Crippen molar-refractivity contribution in [2.24, 2.45) is 7.05 Å². The summed E-state index contributed by atoms with van der Waals surface area (Å²) in [6.45, 7) is 3.83. The Balaban J connectivity index is 1.44. The number of aromatic nitrogens is 2. The molecule has 0 radical (unpaired) electrons. The van der Waals surface area contributed by atoms with Crippen LogP contribution in [-0.4, -0.2) is 38.8 Å². The molecule has 0 saturated carbocycles. The average molecular weight is 535 g/mol. The van der Waals surface area contributed by atoms with Gasteiger partial charge < -0.3 is 20.1 Å². The Kier molecular flexibility index (Phi) is 7.02. The third-order valence-electron chi connectivity index (χ3n) is 6.46. The highest BCUT2D eigenvalue weighted by Gasteiger charge is 2.31. The number of ether oxygens (including phenoxy) is 1. The lowest BCUT2D eigenvalue weighted by Gasteiger charge is -2.24. The molecular weight excluding hydrogens is 509 g/mol. The number of nitrogens with one attached hydrogen (secondary N) is 1. The minimum Gasteiger partial charge on any atom is -0.508 e. The highest BCUT2D eigenvalue weighted by molar-refractivity contribution is 5.96. The van der Waals surface area contributed by atoms with Crippen molar-refractivity contribution in [3.63, 3.8) is 0 Å². The molecule has 5 rings (SSSR count). The average Bonchev–Trinajstić information content (AvgIpc) is 3.25. The van der Waals surface area contributed by atoms with Crippen molar-refractivity contribution in [3.05, 3.63) is 107 Å². The number of carbonyl (C=O) groups excluding carboxylic acids is 1. The molecule has 0 bridgehead atoms. The monoisotopic (exact) mass is 534 g/mol. The highest BCUT2D eigenvalue weighted by Crippen LogP contribution is 2.39. The van der Waals surface area contributed by atoms with Gasteiger partial charge in [0.25, 0.3) is 5.91 Å². The van der Waals surface area contributed by atoms with Crippen LogP contribution in [0, 0.1) is 17.5 Å². The molecule has 0 fully saturated rings. The quantitative estimate of drug-likeness (QED) is 0.285. The van der Waals surface area contributed by atoms with Crippen molar-refractivity contribution in [1.29, 1.82) is 0 Å². The van der Waals surface area contributed by atoms with E-state index in [1.165, 1.54) is 58.1 Å². The van der Waals surface area contributed by atoms with Crippen molar-refractivity contribution >= 4 is 17.4 Å². The second-order valence-corrected chi connectivity index (χ2v) is 9.15. The molecule has 1 aliphatic rings. The maximum absolute atomic E-state index is 14.4. The number of aliphatic hydroxyl groups excluding tert-OH is 1. The van der Waals surface area contributed by atoms with Crippen LogP contribution in [-0.2, 0) is 20.2 Å². The predicted molar refractivity (Wildman–Crippen MR) is 141 cm³/mol. The third-order valence-corrected chi connectivity index (χ3v) is 6.46. The van der Waals surface area contributed by atoms with Gasteiger partial charge in [-0.25, -0.2) is 13.2 Å². The summed E-state index contributed by atoms with van der Waals surface area (Å²) in [6.07, 6.45) is 0. The number of nitrogens with zero attached hydrogens (tertiary/aromatic N) is 3.